The van der Waals surface area contributed by atoms with Crippen molar-refractivity contribution in [3.63, 3.8) is 0 Å². The molecule has 2 aromatic heterocycles. The molecule has 0 spiro atoms. The molecule has 0 amide bonds. The van der Waals surface area contributed by atoms with E-state index in [4.69, 9.17) is 28.6 Å². The number of fused-ring (bicyclic) bond motifs is 1. The van der Waals surface area contributed by atoms with Gasteiger partial charge in [-0.1, -0.05) is 36.7 Å². The fraction of sp³-hybridized carbons (Fsp3) is 0.318. The Labute approximate surface area is 195 Å². The third-order valence-electron chi connectivity index (χ3n) is 5.31. The van der Waals surface area contributed by atoms with Gasteiger partial charge in [0.1, 0.15) is 5.00 Å². The van der Waals surface area contributed by atoms with Crippen molar-refractivity contribution in [2.24, 2.45) is 5.92 Å². The molecule has 6 nitrogen and oxygen atoms in total. The number of thiocarbonyl (C=S) groups is 1. The van der Waals surface area contributed by atoms with Crippen LogP contribution in [-0.2, 0) is 24.1 Å². The highest BCUT2D eigenvalue weighted by Crippen LogP contribution is 2.40. The van der Waals surface area contributed by atoms with Crippen molar-refractivity contribution in [2.45, 2.75) is 32.7 Å². The summed E-state index contributed by atoms with van der Waals surface area (Å²) in [5, 5.41) is 12.5. The Bertz CT molecular complexity index is 1120. The SMILES string of the molecule is COC(=O)c1c(NC(=S)Nc2cnn(Cc3ccccc3Cl)c2)sc2c1CCC(C)C2. The molecule has 2 N–H and O–H groups in total. The van der Waals surface area contributed by atoms with E-state index in [0.29, 0.717) is 28.2 Å². The molecule has 0 aliphatic heterocycles. The number of hydrogen-bond donors (Lipinski definition) is 2. The maximum absolute atomic E-state index is 12.4. The van der Waals surface area contributed by atoms with Gasteiger partial charge in [0.2, 0.25) is 0 Å². The van der Waals surface area contributed by atoms with Gasteiger partial charge >= 0.3 is 5.97 Å². The number of hydrogen-bond acceptors (Lipinski definition) is 5. The second kappa shape index (κ2) is 9.38. The van der Waals surface area contributed by atoms with Crippen molar-refractivity contribution in [3.8, 4) is 0 Å². The van der Waals surface area contributed by atoms with Crippen LogP contribution in [0.25, 0.3) is 0 Å². The van der Waals surface area contributed by atoms with E-state index in [0.717, 1.165) is 41.1 Å². The first-order valence-corrected chi connectivity index (χ1v) is 11.6. The zero-order valence-electron chi connectivity index (χ0n) is 17.3. The van der Waals surface area contributed by atoms with Crippen LogP contribution in [0.5, 0.6) is 0 Å². The van der Waals surface area contributed by atoms with Crippen LogP contribution in [0.2, 0.25) is 5.02 Å². The maximum atomic E-state index is 12.4. The van der Waals surface area contributed by atoms with Crippen molar-refractivity contribution in [3.05, 3.63) is 63.2 Å². The number of benzene rings is 1. The summed E-state index contributed by atoms with van der Waals surface area (Å²) in [6.07, 6.45) is 6.49. The normalized spacial score (nSPS) is 15.3. The van der Waals surface area contributed by atoms with Gasteiger partial charge in [-0.25, -0.2) is 4.79 Å². The minimum absolute atomic E-state index is 0.329. The van der Waals surface area contributed by atoms with E-state index in [9.17, 15) is 4.79 Å². The van der Waals surface area contributed by atoms with Crippen LogP contribution in [0.15, 0.2) is 36.7 Å². The molecular formula is C22H23ClN4O2S2. The summed E-state index contributed by atoms with van der Waals surface area (Å²) in [6, 6.07) is 7.68. The molecule has 0 fully saturated rings. The van der Waals surface area contributed by atoms with Crippen LogP contribution in [0.1, 0.15) is 39.7 Å². The Kier molecular flexibility index (Phi) is 6.60. The number of carbonyl (C=O) groups is 1. The molecule has 0 radical (unpaired) electrons. The zero-order valence-corrected chi connectivity index (χ0v) is 19.7. The van der Waals surface area contributed by atoms with Crippen LogP contribution in [0.3, 0.4) is 0 Å². The maximum Gasteiger partial charge on any atom is 0.341 e. The number of nitrogens with one attached hydrogen (secondary N) is 2. The van der Waals surface area contributed by atoms with Gasteiger partial charge in [0.15, 0.2) is 5.11 Å². The minimum Gasteiger partial charge on any atom is -0.465 e. The number of halogens is 1. The minimum atomic E-state index is -0.329. The number of thiophene rings is 1. The van der Waals surface area contributed by atoms with Gasteiger partial charge in [-0.15, -0.1) is 11.3 Å². The van der Waals surface area contributed by atoms with Crippen molar-refractivity contribution >= 4 is 56.9 Å². The Morgan fingerprint density at radius 3 is 2.97 bits per heavy atom. The number of carbonyl (C=O) groups excluding carboxylic acids is 1. The quantitative estimate of drug-likeness (QED) is 0.383. The fourth-order valence-corrected chi connectivity index (χ4v) is 5.62. The van der Waals surface area contributed by atoms with Gasteiger partial charge in [-0.3, -0.25) is 4.68 Å². The molecule has 0 saturated heterocycles. The van der Waals surface area contributed by atoms with Crippen molar-refractivity contribution < 1.29 is 9.53 Å². The first-order valence-electron chi connectivity index (χ1n) is 10.0. The van der Waals surface area contributed by atoms with Gasteiger partial charge in [0.25, 0.3) is 0 Å². The second-order valence-electron chi connectivity index (χ2n) is 7.64. The van der Waals surface area contributed by atoms with E-state index in [1.54, 1.807) is 22.2 Å². The molecule has 162 valence electrons. The molecular weight excluding hydrogens is 452 g/mol. The summed E-state index contributed by atoms with van der Waals surface area (Å²) in [5.41, 5.74) is 3.43. The van der Waals surface area contributed by atoms with Crippen molar-refractivity contribution in [1.82, 2.24) is 9.78 Å². The summed E-state index contributed by atoms with van der Waals surface area (Å²) in [4.78, 5) is 13.7. The number of ether oxygens (including phenoxy) is 1. The van der Waals surface area contributed by atoms with E-state index in [1.807, 2.05) is 30.5 Å². The molecule has 1 unspecified atom stereocenters. The van der Waals surface area contributed by atoms with Crippen LogP contribution in [0.4, 0.5) is 10.7 Å². The third-order valence-corrected chi connectivity index (χ3v) is 7.05. The molecule has 3 aromatic rings. The largest absolute Gasteiger partial charge is 0.465 e. The lowest BCUT2D eigenvalue weighted by molar-refractivity contribution is 0.0601. The zero-order chi connectivity index (χ0) is 22.0. The van der Waals surface area contributed by atoms with E-state index in [1.165, 1.54) is 12.0 Å². The number of aromatic nitrogens is 2. The smallest absolute Gasteiger partial charge is 0.341 e. The highest BCUT2D eigenvalue weighted by molar-refractivity contribution is 7.80. The van der Waals surface area contributed by atoms with Crippen LogP contribution in [0, 0.1) is 5.92 Å². The lowest BCUT2D eigenvalue weighted by Gasteiger charge is -2.18. The summed E-state index contributed by atoms with van der Waals surface area (Å²) in [5.74, 6) is 0.281. The van der Waals surface area contributed by atoms with Crippen LogP contribution < -0.4 is 10.6 Å². The van der Waals surface area contributed by atoms with Crippen molar-refractivity contribution in [2.75, 3.05) is 17.7 Å². The lowest BCUT2D eigenvalue weighted by atomic mass is 9.88. The Morgan fingerprint density at radius 2 is 2.19 bits per heavy atom. The molecule has 1 aliphatic carbocycles. The van der Waals surface area contributed by atoms with Gasteiger partial charge in [0, 0.05) is 16.1 Å². The number of nitrogens with zero attached hydrogens (tertiary/aromatic N) is 2. The second-order valence-corrected chi connectivity index (χ2v) is 9.57. The summed E-state index contributed by atoms with van der Waals surface area (Å²) >= 11 is 13.3. The molecule has 0 bridgehead atoms. The molecule has 1 aromatic carbocycles. The first kappa shape index (κ1) is 21.8. The molecule has 2 heterocycles. The number of esters is 1. The predicted molar refractivity (Wildman–Crippen MR) is 129 cm³/mol. The van der Waals surface area contributed by atoms with Gasteiger partial charge < -0.3 is 15.4 Å². The summed E-state index contributed by atoms with van der Waals surface area (Å²) in [6.45, 7) is 2.80. The lowest BCUT2D eigenvalue weighted by Crippen LogP contribution is -2.20. The van der Waals surface area contributed by atoms with Gasteiger partial charge in [-0.05, 0) is 54.6 Å². The monoisotopic (exact) mass is 474 g/mol. The van der Waals surface area contributed by atoms with Gasteiger partial charge in [-0.2, -0.15) is 5.10 Å². The fourth-order valence-electron chi connectivity index (χ4n) is 3.74. The summed E-state index contributed by atoms with van der Waals surface area (Å²) in [7, 11) is 1.41. The Balaban J connectivity index is 1.47. The third kappa shape index (κ3) is 4.92. The van der Waals surface area contributed by atoms with E-state index >= 15 is 0 Å². The Hall–Kier alpha value is -2.42. The number of anilines is 2. The van der Waals surface area contributed by atoms with E-state index < -0.39 is 0 Å². The highest BCUT2D eigenvalue weighted by Gasteiger charge is 2.28. The van der Waals surface area contributed by atoms with E-state index in [-0.39, 0.29) is 5.97 Å². The summed E-state index contributed by atoms with van der Waals surface area (Å²) < 4.78 is 6.83. The van der Waals surface area contributed by atoms with Crippen molar-refractivity contribution in [1.29, 1.82) is 0 Å². The molecule has 1 atom stereocenters. The topological polar surface area (TPSA) is 68.2 Å². The van der Waals surface area contributed by atoms with E-state index in [2.05, 4.69) is 22.7 Å². The molecule has 0 saturated carbocycles. The molecule has 1 aliphatic rings. The average Bonchev–Trinajstić information content (AvgIpc) is 3.32. The highest BCUT2D eigenvalue weighted by atomic mass is 35.5. The Morgan fingerprint density at radius 1 is 1.39 bits per heavy atom. The molecule has 9 heteroatoms. The van der Waals surface area contributed by atoms with Crippen LogP contribution >= 0.6 is 35.2 Å². The number of rotatable bonds is 5. The number of methoxy groups -OCH3 is 1. The van der Waals surface area contributed by atoms with Gasteiger partial charge in [0.05, 0.1) is 31.1 Å². The molecule has 31 heavy (non-hydrogen) atoms. The molecule has 4 rings (SSSR count). The standard InChI is InChI=1S/C22H23ClN4O2S2/c1-13-7-8-16-18(9-13)31-20(19(16)21(28)29-2)26-22(30)25-15-10-24-27(12-15)11-14-5-3-4-6-17(14)23/h3-6,10,12-13H,7-9,11H2,1-2H3,(H2,25,26,30). The predicted octanol–water partition coefficient (Wildman–Crippen LogP) is 5.37. The average molecular weight is 475 g/mol. The van der Waals surface area contributed by atoms with Crippen LogP contribution in [-0.4, -0.2) is 28.0 Å². The first-order chi connectivity index (χ1) is 14.9.